The van der Waals surface area contributed by atoms with E-state index in [2.05, 4.69) is 10.3 Å². The fourth-order valence-electron chi connectivity index (χ4n) is 3.11. The molecule has 1 unspecified atom stereocenters. The largest absolute Gasteiger partial charge is 0.481 e. The maximum Gasteiger partial charge on any atom is 0.394 e. The highest BCUT2D eigenvalue weighted by Gasteiger charge is 2.53. The number of nitrogens with zero attached hydrogens (tertiary/aromatic N) is 2. The molecule has 2 heterocycles. The Morgan fingerprint density at radius 1 is 1.29 bits per heavy atom. The summed E-state index contributed by atoms with van der Waals surface area (Å²) in [6.07, 6.45) is -3.21. The summed E-state index contributed by atoms with van der Waals surface area (Å²) >= 11 is 0. The molecule has 2 N–H and O–H groups in total. The van der Waals surface area contributed by atoms with E-state index in [0.29, 0.717) is 5.76 Å². The van der Waals surface area contributed by atoms with Crippen molar-refractivity contribution < 1.29 is 32.3 Å². The molecule has 0 spiro atoms. The maximum atomic E-state index is 13.1. The second-order valence-corrected chi connectivity index (χ2v) is 6.60. The Hall–Kier alpha value is -3.04. The van der Waals surface area contributed by atoms with Gasteiger partial charge in [0.25, 0.3) is 0 Å². The predicted molar refractivity (Wildman–Crippen MR) is 91.1 cm³/mol. The smallest absolute Gasteiger partial charge is 0.394 e. The lowest BCUT2D eigenvalue weighted by atomic mass is 9.96. The van der Waals surface area contributed by atoms with Gasteiger partial charge in [-0.1, -0.05) is 30.3 Å². The molecule has 1 aliphatic rings. The third-order valence-electron chi connectivity index (χ3n) is 4.64. The van der Waals surface area contributed by atoms with Crippen LogP contribution in [0.1, 0.15) is 18.9 Å². The number of aliphatic carboxylic acids is 1. The Bertz CT molecular complexity index is 853. The van der Waals surface area contributed by atoms with Crippen LogP contribution in [0.5, 0.6) is 0 Å². The number of carboxylic acid groups (broad SMARTS) is 1. The molecule has 0 radical (unpaired) electrons. The average Bonchev–Trinajstić information content (AvgIpc) is 3.30. The van der Waals surface area contributed by atoms with Crippen LogP contribution >= 0.6 is 0 Å². The summed E-state index contributed by atoms with van der Waals surface area (Å²) in [5.74, 6) is -4.69. The quantitative estimate of drug-likeness (QED) is 0.825. The highest BCUT2D eigenvalue weighted by molar-refractivity contribution is 5.78. The standard InChI is InChI=1S/C18H18F3N3O4/c1-10(15-22-7-14(28-15)11-5-3-2-4-6-11)23-17(27)24-8-12(16(25)26)13(9-24)18(19,20)21/h2-7,10,12-13H,8-9H2,1H3,(H,23,27)(H,25,26)/t10?,12-,13-/m1/s1. The summed E-state index contributed by atoms with van der Waals surface area (Å²) in [4.78, 5) is 28.4. The van der Waals surface area contributed by atoms with Crippen molar-refractivity contribution in [2.45, 2.75) is 19.1 Å². The van der Waals surface area contributed by atoms with E-state index >= 15 is 0 Å². The van der Waals surface area contributed by atoms with Crippen molar-refractivity contribution in [3.63, 3.8) is 0 Å². The third-order valence-corrected chi connectivity index (χ3v) is 4.64. The molecule has 3 rings (SSSR count). The van der Waals surface area contributed by atoms with E-state index in [1.165, 1.54) is 6.20 Å². The first kappa shape index (κ1) is 19.7. The number of nitrogens with one attached hydrogen (secondary N) is 1. The zero-order valence-corrected chi connectivity index (χ0v) is 14.8. The summed E-state index contributed by atoms with van der Waals surface area (Å²) in [7, 11) is 0. The number of hydrogen-bond acceptors (Lipinski definition) is 4. The fourth-order valence-corrected chi connectivity index (χ4v) is 3.11. The number of urea groups is 1. The van der Waals surface area contributed by atoms with Crippen LogP contribution in [-0.4, -0.2) is 46.3 Å². The molecule has 28 heavy (non-hydrogen) atoms. The van der Waals surface area contributed by atoms with Crippen LogP contribution in [0.4, 0.5) is 18.0 Å². The number of aromatic nitrogens is 1. The molecular formula is C18H18F3N3O4. The number of hydrogen-bond donors (Lipinski definition) is 2. The van der Waals surface area contributed by atoms with E-state index in [9.17, 15) is 22.8 Å². The molecule has 3 atom stereocenters. The number of carbonyl (C=O) groups excluding carboxylic acids is 1. The highest BCUT2D eigenvalue weighted by atomic mass is 19.4. The van der Waals surface area contributed by atoms with Gasteiger partial charge in [0.2, 0.25) is 5.89 Å². The average molecular weight is 397 g/mol. The van der Waals surface area contributed by atoms with Crippen molar-refractivity contribution in [3.05, 3.63) is 42.4 Å². The predicted octanol–water partition coefficient (Wildman–Crippen LogP) is 3.31. The fraction of sp³-hybridized carbons (Fsp3) is 0.389. The van der Waals surface area contributed by atoms with E-state index in [1.54, 1.807) is 6.92 Å². The highest BCUT2D eigenvalue weighted by Crippen LogP contribution is 2.37. The summed E-state index contributed by atoms with van der Waals surface area (Å²) in [5.41, 5.74) is 0.789. The number of oxazole rings is 1. The van der Waals surface area contributed by atoms with Crippen molar-refractivity contribution >= 4 is 12.0 Å². The van der Waals surface area contributed by atoms with E-state index in [4.69, 9.17) is 9.52 Å². The van der Waals surface area contributed by atoms with Gasteiger partial charge in [-0.25, -0.2) is 9.78 Å². The van der Waals surface area contributed by atoms with Crippen LogP contribution < -0.4 is 5.32 Å². The number of likely N-dealkylation sites (tertiary alicyclic amines) is 1. The molecule has 2 amide bonds. The molecule has 1 aromatic carbocycles. The van der Waals surface area contributed by atoms with Crippen molar-refractivity contribution in [3.8, 4) is 11.3 Å². The zero-order valence-electron chi connectivity index (χ0n) is 14.8. The van der Waals surface area contributed by atoms with Gasteiger partial charge in [0.05, 0.1) is 18.0 Å². The lowest BCUT2D eigenvalue weighted by Gasteiger charge is -2.20. The molecule has 1 aromatic heterocycles. The Morgan fingerprint density at radius 2 is 1.96 bits per heavy atom. The number of benzene rings is 1. The number of amides is 2. The normalized spacial score (nSPS) is 20.8. The molecular weight excluding hydrogens is 379 g/mol. The molecule has 150 valence electrons. The van der Waals surface area contributed by atoms with E-state index in [1.807, 2.05) is 30.3 Å². The lowest BCUT2D eigenvalue weighted by Crippen LogP contribution is -2.40. The van der Waals surface area contributed by atoms with Gasteiger partial charge in [0.1, 0.15) is 6.04 Å². The summed E-state index contributed by atoms with van der Waals surface area (Å²) in [5, 5.41) is 11.5. The summed E-state index contributed by atoms with van der Waals surface area (Å²) in [6.45, 7) is 0.350. The topological polar surface area (TPSA) is 95.7 Å². The lowest BCUT2D eigenvalue weighted by molar-refractivity contribution is -0.187. The van der Waals surface area contributed by atoms with Crippen molar-refractivity contribution in [1.82, 2.24) is 15.2 Å². The number of carbonyl (C=O) groups is 2. The van der Waals surface area contributed by atoms with Gasteiger partial charge in [0.15, 0.2) is 5.76 Å². The Balaban J connectivity index is 1.66. The van der Waals surface area contributed by atoms with Crippen molar-refractivity contribution in [2.75, 3.05) is 13.1 Å². The summed E-state index contributed by atoms with van der Waals surface area (Å²) in [6, 6.07) is 7.63. The first-order chi connectivity index (χ1) is 13.2. The molecule has 10 heteroatoms. The van der Waals surface area contributed by atoms with Crippen LogP contribution in [0.3, 0.4) is 0 Å². The minimum absolute atomic E-state index is 0.188. The third kappa shape index (κ3) is 4.10. The van der Waals surface area contributed by atoms with Gasteiger partial charge in [-0.2, -0.15) is 13.2 Å². The van der Waals surface area contributed by atoms with Crippen molar-refractivity contribution in [2.24, 2.45) is 11.8 Å². The zero-order chi connectivity index (χ0) is 20.5. The second-order valence-electron chi connectivity index (χ2n) is 6.60. The molecule has 1 saturated heterocycles. The first-order valence-corrected chi connectivity index (χ1v) is 8.53. The Kier molecular flexibility index (Phi) is 5.30. The molecule has 1 aliphatic heterocycles. The number of halogens is 3. The first-order valence-electron chi connectivity index (χ1n) is 8.53. The molecule has 1 fully saturated rings. The second kappa shape index (κ2) is 7.53. The number of carboxylic acids is 1. The van der Waals surface area contributed by atoms with Crippen molar-refractivity contribution in [1.29, 1.82) is 0 Å². The van der Waals surface area contributed by atoms with Gasteiger partial charge in [-0.3, -0.25) is 4.79 Å². The minimum Gasteiger partial charge on any atom is -0.481 e. The van der Waals surface area contributed by atoms with Gasteiger partial charge in [-0.05, 0) is 6.92 Å². The van der Waals surface area contributed by atoms with Gasteiger partial charge in [-0.15, -0.1) is 0 Å². The monoisotopic (exact) mass is 397 g/mol. The molecule has 0 bridgehead atoms. The van der Waals surface area contributed by atoms with Gasteiger partial charge >= 0.3 is 18.2 Å². The molecule has 7 nitrogen and oxygen atoms in total. The Labute approximate surface area is 158 Å². The van der Waals surface area contributed by atoms with Crippen LogP contribution in [0, 0.1) is 11.8 Å². The van der Waals surface area contributed by atoms with Crippen LogP contribution in [0.25, 0.3) is 11.3 Å². The molecule has 2 aromatic rings. The molecule has 0 saturated carbocycles. The Morgan fingerprint density at radius 3 is 2.54 bits per heavy atom. The van der Waals surface area contributed by atoms with Crippen LogP contribution in [0.15, 0.2) is 40.9 Å². The maximum absolute atomic E-state index is 13.1. The van der Waals surface area contributed by atoms with Gasteiger partial charge < -0.3 is 19.7 Å². The van der Waals surface area contributed by atoms with E-state index in [-0.39, 0.29) is 5.89 Å². The van der Waals surface area contributed by atoms with Gasteiger partial charge in [0, 0.05) is 18.7 Å². The SMILES string of the molecule is CC(NC(=O)N1C[C@@H](C(F)(F)F)[C@H](C(=O)O)C1)c1ncc(-c2ccccc2)o1. The van der Waals surface area contributed by atoms with E-state index in [0.717, 1.165) is 10.5 Å². The van der Waals surface area contributed by atoms with Crippen LogP contribution in [0.2, 0.25) is 0 Å². The van der Waals surface area contributed by atoms with Crippen LogP contribution in [-0.2, 0) is 4.79 Å². The minimum atomic E-state index is -4.70. The number of alkyl halides is 3. The molecule has 0 aliphatic carbocycles. The number of rotatable bonds is 4. The van der Waals surface area contributed by atoms with E-state index < -0.39 is 49.1 Å². The summed E-state index contributed by atoms with van der Waals surface area (Å²) < 4.78 is 44.8.